The molecule has 0 unspecified atom stereocenters. The van der Waals surface area contributed by atoms with Crippen LogP contribution in [0, 0.1) is 13.8 Å². The van der Waals surface area contributed by atoms with E-state index in [9.17, 15) is 26.7 Å². The number of alkyl halides is 5. The predicted molar refractivity (Wildman–Crippen MR) is 93.0 cm³/mol. The predicted octanol–water partition coefficient (Wildman–Crippen LogP) is 4.78. The first kappa shape index (κ1) is 20.9. The molecule has 26 heavy (non-hydrogen) atoms. The molecule has 0 saturated heterocycles. The summed E-state index contributed by atoms with van der Waals surface area (Å²) in [5.74, 6) is -3.99. The lowest BCUT2D eigenvalue weighted by atomic mass is 10.1. The molecule has 0 amide bonds. The summed E-state index contributed by atoms with van der Waals surface area (Å²) in [4.78, 5) is 16.6. The summed E-state index contributed by atoms with van der Waals surface area (Å²) in [6.45, 7) is 3.65. The number of fused-ring (bicyclic) bond motifs is 1. The zero-order valence-corrected chi connectivity index (χ0v) is 15.8. The third-order valence-electron chi connectivity index (χ3n) is 3.94. The molecule has 0 aromatic heterocycles. The third kappa shape index (κ3) is 4.30. The highest BCUT2D eigenvalue weighted by Gasteiger charge is 2.56. The van der Waals surface area contributed by atoms with Crippen LogP contribution in [0.1, 0.15) is 36.3 Å². The number of imidazole rings is 1. The highest BCUT2D eigenvalue weighted by Crippen LogP contribution is 2.40. The van der Waals surface area contributed by atoms with E-state index in [4.69, 9.17) is 5.73 Å². The number of unbranched alkanes of at least 4 members (excludes halogenated alkanes) is 2. The summed E-state index contributed by atoms with van der Waals surface area (Å²) in [5.41, 5.74) is 6.63. The molecule has 0 aromatic rings. The Morgan fingerprint density at radius 2 is 1.81 bits per heavy atom. The maximum Gasteiger partial charge on any atom is 0.453 e. The topological polar surface area (TPSA) is 60.9 Å². The monoisotopic (exact) mass is 415 g/mol. The van der Waals surface area contributed by atoms with E-state index in [1.165, 1.54) is 27.7 Å². The molecular formula is C15H18F5N3OS2. The zero-order chi connectivity index (χ0) is 19.7. The number of thioether (sulfide) groups is 1. The number of hydrogen-bond donors (Lipinski definition) is 1. The van der Waals surface area contributed by atoms with Crippen LogP contribution in [0.5, 0.6) is 0 Å². The van der Waals surface area contributed by atoms with Gasteiger partial charge in [-0.1, -0.05) is 6.42 Å². The van der Waals surface area contributed by atoms with Gasteiger partial charge in [-0.15, -0.1) is 23.1 Å². The van der Waals surface area contributed by atoms with Crippen molar-refractivity contribution < 1.29 is 22.0 Å². The summed E-state index contributed by atoms with van der Waals surface area (Å²) in [6, 6.07) is 0. The van der Waals surface area contributed by atoms with Crippen LogP contribution >= 0.6 is 23.1 Å². The average Bonchev–Trinajstić information content (AvgIpc) is 2.81. The van der Waals surface area contributed by atoms with Gasteiger partial charge in [0.2, 0.25) is 0 Å². The highest BCUT2D eigenvalue weighted by molar-refractivity contribution is 8.01. The van der Waals surface area contributed by atoms with Gasteiger partial charge in [0.05, 0.1) is 4.21 Å². The summed E-state index contributed by atoms with van der Waals surface area (Å²) in [7, 11) is 0. The fraction of sp³-hybridized carbons (Fsp3) is 0.600. The van der Waals surface area contributed by atoms with Gasteiger partial charge < -0.3 is 5.73 Å². The maximum absolute atomic E-state index is 12.8. The van der Waals surface area contributed by atoms with Gasteiger partial charge in [0, 0.05) is 17.0 Å². The van der Waals surface area contributed by atoms with Crippen molar-refractivity contribution in [3.05, 3.63) is 21.1 Å². The molecule has 0 fully saturated rings. The van der Waals surface area contributed by atoms with Gasteiger partial charge in [-0.25, -0.2) is 4.79 Å². The Hall–Kier alpha value is -1.36. The van der Waals surface area contributed by atoms with Crippen molar-refractivity contribution in [1.29, 1.82) is 0 Å². The molecule has 2 aliphatic heterocycles. The molecule has 2 aliphatic rings. The number of aryl methyl sites for hydroxylation is 1. The minimum Gasteiger partial charge on any atom is -0.382 e. The van der Waals surface area contributed by atoms with Crippen LogP contribution in [-0.4, -0.2) is 27.4 Å². The first-order chi connectivity index (χ1) is 12.0. The van der Waals surface area contributed by atoms with Gasteiger partial charge in [-0.2, -0.15) is 26.9 Å². The van der Waals surface area contributed by atoms with E-state index in [1.807, 2.05) is 6.92 Å². The summed E-state index contributed by atoms with van der Waals surface area (Å²) < 4.78 is 64.1. The second-order valence-electron chi connectivity index (χ2n) is 5.86. The van der Waals surface area contributed by atoms with Crippen molar-refractivity contribution >= 4 is 28.9 Å². The first-order valence-corrected chi connectivity index (χ1v) is 9.61. The van der Waals surface area contributed by atoms with Gasteiger partial charge in [0.15, 0.2) is 5.82 Å². The minimum absolute atomic E-state index is 0.127. The lowest BCUT2D eigenvalue weighted by Gasteiger charge is -2.19. The fourth-order valence-corrected chi connectivity index (χ4v) is 4.91. The van der Waals surface area contributed by atoms with Crippen LogP contribution in [0.25, 0.3) is 5.69 Å². The van der Waals surface area contributed by atoms with Crippen molar-refractivity contribution in [2.75, 3.05) is 11.5 Å². The molecule has 146 valence electrons. The normalized spacial score (nSPS) is 12.9. The van der Waals surface area contributed by atoms with Crippen LogP contribution < -0.4 is 11.4 Å². The molecule has 2 heterocycles. The van der Waals surface area contributed by atoms with Crippen molar-refractivity contribution in [2.24, 2.45) is 0 Å². The number of nitrogen functional groups attached to an aromatic ring is 1. The molecule has 0 aliphatic carbocycles. The van der Waals surface area contributed by atoms with Gasteiger partial charge in [0.25, 0.3) is 0 Å². The van der Waals surface area contributed by atoms with E-state index in [1.54, 1.807) is 6.92 Å². The van der Waals surface area contributed by atoms with Gasteiger partial charge in [-0.3, -0.25) is 4.57 Å². The van der Waals surface area contributed by atoms with Gasteiger partial charge >= 0.3 is 17.8 Å². The van der Waals surface area contributed by atoms with Gasteiger partial charge in [-0.05, 0) is 32.4 Å². The first-order valence-electron chi connectivity index (χ1n) is 7.81. The van der Waals surface area contributed by atoms with E-state index >= 15 is 0 Å². The number of nitrogens with two attached hydrogens (primary N) is 1. The SMILES string of the molecule is Cc1sc(SCCCCCC(F)(F)C(F)(F)F)c2c(N)nc(=O)n-2c1C. The van der Waals surface area contributed by atoms with E-state index < -0.39 is 24.2 Å². The van der Waals surface area contributed by atoms with Crippen molar-refractivity contribution in [3.8, 4) is 5.69 Å². The van der Waals surface area contributed by atoms with Crippen LogP contribution in [0.4, 0.5) is 27.8 Å². The quantitative estimate of drug-likeness (QED) is 0.402. The number of hydrogen-bond acceptors (Lipinski definition) is 5. The third-order valence-corrected chi connectivity index (χ3v) is 6.47. The molecule has 0 aromatic carbocycles. The van der Waals surface area contributed by atoms with E-state index in [-0.39, 0.29) is 18.7 Å². The van der Waals surface area contributed by atoms with Crippen LogP contribution in [-0.2, 0) is 0 Å². The van der Waals surface area contributed by atoms with Crippen LogP contribution in [0.3, 0.4) is 0 Å². The Bertz CT molecular complexity index is 800. The highest BCUT2D eigenvalue weighted by atomic mass is 32.2. The minimum atomic E-state index is -5.50. The Balaban J connectivity index is 1.93. The summed E-state index contributed by atoms with van der Waals surface area (Å²) in [6.07, 6.45) is -6.18. The van der Waals surface area contributed by atoms with E-state index in [2.05, 4.69) is 4.98 Å². The number of nitrogens with zero attached hydrogens (tertiary/aromatic N) is 2. The van der Waals surface area contributed by atoms with Crippen molar-refractivity contribution in [3.63, 3.8) is 0 Å². The number of aromatic nitrogens is 2. The molecule has 0 atom stereocenters. The molecule has 2 rings (SSSR count). The largest absolute Gasteiger partial charge is 0.453 e. The zero-order valence-electron chi connectivity index (χ0n) is 14.1. The molecule has 0 spiro atoms. The van der Waals surface area contributed by atoms with Crippen LogP contribution in [0.2, 0.25) is 0 Å². The molecule has 0 saturated carbocycles. The molecule has 0 radical (unpaired) electrons. The van der Waals surface area contributed by atoms with Crippen molar-refractivity contribution in [1.82, 2.24) is 9.55 Å². The molecule has 4 nitrogen and oxygen atoms in total. The number of anilines is 1. The fourth-order valence-electron chi connectivity index (χ4n) is 2.37. The number of halogens is 5. The lowest BCUT2D eigenvalue weighted by molar-refractivity contribution is -0.284. The Morgan fingerprint density at radius 1 is 1.15 bits per heavy atom. The van der Waals surface area contributed by atoms with Crippen molar-refractivity contribution in [2.45, 2.75) is 55.8 Å². The second kappa shape index (κ2) is 7.71. The molecular weight excluding hydrogens is 397 g/mol. The van der Waals surface area contributed by atoms with E-state index in [0.29, 0.717) is 17.9 Å². The summed E-state index contributed by atoms with van der Waals surface area (Å²) in [5, 5.41) is 0. The Kier molecular flexibility index (Phi) is 6.21. The van der Waals surface area contributed by atoms with E-state index in [0.717, 1.165) is 14.8 Å². The lowest BCUT2D eigenvalue weighted by Crippen LogP contribution is -2.36. The second-order valence-corrected chi connectivity index (χ2v) is 8.44. The molecule has 11 heteroatoms. The number of rotatable bonds is 7. The molecule has 0 bridgehead atoms. The molecule has 2 N–H and O–H groups in total. The summed E-state index contributed by atoms with van der Waals surface area (Å²) >= 11 is 2.84. The average molecular weight is 415 g/mol. The Labute approximate surface area is 154 Å². The maximum atomic E-state index is 12.8. The Morgan fingerprint density at radius 3 is 2.42 bits per heavy atom. The van der Waals surface area contributed by atoms with Gasteiger partial charge in [0.1, 0.15) is 5.69 Å². The smallest absolute Gasteiger partial charge is 0.382 e. The standard InChI is InChI=1S/C15H18F5N3OS2/c1-8-9(2)26-12(10-11(21)22-13(24)23(8)10)25-7-5-3-4-6-14(16,17)15(18,19)20/h3-7H2,1-2H3,(H2,21,22,24). The van der Waals surface area contributed by atoms with Crippen LogP contribution in [0.15, 0.2) is 9.00 Å².